The predicted molar refractivity (Wildman–Crippen MR) is 63.7 cm³/mol. The molecule has 90 valence electrons. The Balaban J connectivity index is 2.15. The lowest BCUT2D eigenvalue weighted by Gasteiger charge is -1.96. The SMILES string of the molecule is CNCCCC(=O)c1cc2cc(F)ccc2o1. The summed E-state index contributed by atoms with van der Waals surface area (Å²) in [7, 11) is 1.84. The van der Waals surface area contributed by atoms with Gasteiger partial charge in [-0.05, 0) is 44.3 Å². The number of carbonyl (C=O) groups is 1. The van der Waals surface area contributed by atoms with Crippen molar-refractivity contribution in [3.63, 3.8) is 0 Å². The minimum Gasteiger partial charge on any atom is -0.453 e. The van der Waals surface area contributed by atoms with Gasteiger partial charge < -0.3 is 9.73 Å². The fourth-order valence-electron chi connectivity index (χ4n) is 1.70. The summed E-state index contributed by atoms with van der Waals surface area (Å²) in [4.78, 5) is 11.8. The van der Waals surface area contributed by atoms with E-state index in [4.69, 9.17) is 4.42 Å². The summed E-state index contributed by atoms with van der Waals surface area (Å²) in [5, 5.41) is 3.60. The lowest BCUT2D eigenvalue weighted by molar-refractivity contribution is 0.0955. The van der Waals surface area contributed by atoms with Gasteiger partial charge in [-0.2, -0.15) is 0 Å². The second-order valence-corrected chi connectivity index (χ2v) is 3.92. The summed E-state index contributed by atoms with van der Waals surface area (Å²) in [5.41, 5.74) is 0.545. The first-order valence-electron chi connectivity index (χ1n) is 5.57. The number of carbonyl (C=O) groups excluding carboxylic acids is 1. The van der Waals surface area contributed by atoms with E-state index in [0.29, 0.717) is 23.2 Å². The minimum atomic E-state index is -0.326. The summed E-state index contributed by atoms with van der Waals surface area (Å²) in [6, 6.07) is 5.82. The van der Waals surface area contributed by atoms with Crippen LogP contribution in [0, 0.1) is 5.82 Å². The molecule has 0 saturated carbocycles. The van der Waals surface area contributed by atoms with Crippen molar-refractivity contribution in [1.82, 2.24) is 5.32 Å². The Kier molecular flexibility index (Phi) is 3.54. The molecule has 0 spiro atoms. The second kappa shape index (κ2) is 5.10. The zero-order chi connectivity index (χ0) is 12.3. The van der Waals surface area contributed by atoms with Crippen LogP contribution in [0.15, 0.2) is 28.7 Å². The van der Waals surface area contributed by atoms with Crippen molar-refractivity contribution in [2.24, 2.45) is 0 Å². The van der Waals surface area contributed by atoms with Crippen LogP contribution in [0.5, 0.6) is 0 Å². The van der Waals surface area contributed by atoms with Gasteiger partial charge in [0.25, 0.3) is 0 Å². The molecule has 2 rings (SSSR count). The van der Waals surface area contributed by atoms with Gasteiger partial charge >= 0.3 is 0 Å². The Morgan fingerprint density at radius 1 is 1.41 bits per heavy atom. The van der Waals surface area contributed by atoms with Crippen molar-refractivity contribution in [2.45, 2.75) is 12.8 Å². The fraction of sp³-hybridized carbons (Fsp3) is 0.308. The lowest BCUT2D eigenvalue weighted by atomic mass is 10.1. The molecule has 0 radical (unpaired) electrons. The van der Waals surface area contributed by atoms with E-state index in [9.17, 15) is 9.18 Å². The van der Waals surface area contributed by atoms with Crippen LogP contribution in [0.1, 0.15) is 23.4 Å². The van der Waals surface area contributed by atoms with E-state index in [-0.39, 0.29) is 11.6 Å². The van der Waals surface area contributed by atoms with Crippen LogP contribution >= 0.6 is 0 Å². The third-order valence-electron chi connectivity index (χ3n) is 2.58. The number of nitrogens with one attached hydrogen (secondary N) is 1. The molecular weight excluding hydrogens is 221 g/mol. The molecule has 4 heteroatoms. The number of benzene rings is 1. The highest BCUT2D eigenvalue weighted by Crippen LogP contribution is 2.21. The van der Waals surface area contributed by atoms with Crippen molar-refractivity contribution in [3.8, 4) is 0 Å². The van der Waals surface area contributed by atoms with Crippen molar-refractivity contribution in [2.75, 3.05) is 13.6 Å². The number of hydrogen-bond acceptors (Lipinski definition) is 3. The molecule has 0 amide bonds. The smallest absolute Gasteiger partial charge is 0.198 e. The molecule has 0 bridgehead atoms. The summed E-state index contributed by atoms with van der Waals surface area (Å²) >= 11 is 0. The van der Waals surface area contributed by atoms with E-state index in [0.717, 1.165) is 13.0 Å². The molecule has 0 aliphatic rings. The molecule has 17 heavy (non-hydrogen) atoms. The van der Waals surface area contributed by atoms with Gasteiger partial charge in [-0.1, -0.05) is 0 Å². The van der Waals surface area contributed by atoms with E-state index < -0.39 is 0 Å². The van der Waals surface area contributed by atoms with Gasteiger partial charge in [-0.15, -0.1) is 0 Å². The van der Waals surface area contributed by atoms with Crippen molar-refractivity contribution >= 4 is 16.8 Å². The second-order valence-electron chi connectivity index (χ2n) is 3.92. The van der Waals surface area contributed by atoms with Gasteiger partial charge in [0.05, 0.1) is 0 Å². The van der Waals surface area contributed by atoms with Gasteiger partial charge in [0.1, 0.15) is 11.4 Å². The maximum Gasteiger partial charge on any atom is 0.198 e. The number of ketones is 1. The number of hydrogen-bond donors (Lipinski definition) is 1. The number of Topliss-reactive ketones (excluding diaryl/α,β-unsaturated/α-hetero) is 1. The Hall–Kier alpha value is -1.68. The molecule has 0 unspecified atom stereocenters. The predicted octanol–water partition coefficient (Wildman–Crippen LogP) is 2.75. The van der Waals surface area contributed by atoms with Gasteiger partial charge in [0, 0.05) is 11.8 Å². The number of fused-ring (bicyclic) bond motifs is 1. The number of furan rings is 1. The van der Waals surface area contributed by atoms with Crippen LogP contribution in [0.25, 0.3) is 11.0 Å². The number of rotatable bonds is 5. The van der Waals surface area contributed by atoms with Gasteiger partial charge in [-0.25, -0.2) is 4.39 Å². The van der Waals surface area contributed by atoms with Crippen molar-refractivity contribution in [3.05, 3.63) is 35.8 Å². The summed E-state index contributed by atoms with van der Waals surface area (Å²) in [6.45, 7) is 0.792. The first kappa shape index (κ1) is 11.8. The van der Waals surface area contributed by atoms with Crippen LogP contribution in [0.3, 0.4) is 0 Å². The topological polar surface area (TPSA) is 42.2 Å². The van der Waals surface area contributed by atoms with Crippen molar-refractivity contribution in [1.29, 1.82) is 0 Å². The molecular formula is C13H14FNO2. The summed E-state index contributed by atoms with van der Waals surface area (Å²) < 4.78 is 18.3. The fourth-order valence-corrected chi connectivity index (χ4v) is 1.70. The highest BCUT2D eigenvalue weighted by molar-refractivity contribution is 5.97. The molecule has 1 heterocycles. The quantitative estimate of drug-likeness (QED) is 0.640. The Labute approximate surface area is 98.6 Å². The highest BCUT2D eigenvalue weighted by atomic mass is 19.1. The standard InChI is InChI=1S/C13H14FNO2/c1-15-6-2-3-11(16)13-8-9-7-10(14)4-5-12(9)17-13/h4-5,7-8,15H,2-3,6H2,1H3. The van der Waals surface area contributed by atoms with Crippen LogP contribution in [-0.2, 0) is 0 Å². The molecule has 1 aromatic heterocycles. The van der Waals surface area contributed by atoms with E-state index in [1.165, 1.54) is 18.2 Å². The van der Waals surface area contributed by atoms with E-state index in [2.05, 4.69) is 5.32 Å². The van der Waals surface area contributed by atoms with Crippen LogP contribution in [0.2, 0.25) is 0 Å². The molecule has 0 saturated heterocycles. The largest absolute Gasteiger partial charge is 0.453 e. The maximum absolute atomic E-state index is 13.0. The molecule has 3 nitrogen and oxygen atoms in total. The van der Waals surface area contributed by atoms with Crippen LogP contribution in [-0.4, -0.2) is 19.4 Å². The minimum absolute atomic E-state index is 0.0446. The average Bonchev–Trinajstić information content (AvgIpc) is 2.72. The summed E-state index contributed by atoms with van der Waals surface area (Å²) in [5.74, 6) is -0.0638. The maximum atomic E-state index is 13.0. The molecule has 1 aromatic carbocycles. The third kappa shape index (κ3) is 2.71. The molecule has 0 fully saturated rings. The van der Waals surface area contributed by atoms with Gasteiger partial charge in [0.15, 0.2) is 11.5 Å². The summed E-state index contributed by atoms with van der Waals surface area (Å²) in [6.07, 6.45) is 1.20. The van der Waals surface area contributed by atoms with Crippen LogP contribution in [0.4, 0.5) is 4.39 Å². The molecule has 0 aliphatic heterocycles. The highest BCUT2D eigenvalue weighted by Gasteiger charge is 2.12. The Bertz CT molecular complexity index is 533. The first-order chi connectivity index (χ1) is 8.20. The lowest BCUT2D eigenvalue weighted by Crippen LogP contribution is -2.09. The first-order valence-corrected chi connectivity index (χ1v) is 5.57. The van der Waals surface area contributed by atoms with Gasteiger partial charge in [0.2, 0.25) is 0 Å². The molecule has 0 aliphatic carbocycles. The number of halogens is 1. The van der Waals surface area contributed by atoms with Gasteiger partial charge in [-0.3, -0.25) is 4.79 Å². The normalized spacial score (nSPS) is 10.9. The molecule has 0 atom stereocenters. The van der Waals surface area contributed by atoms with E-state index in [1.54, 1.807) is 6.07 Å². The molecule has 1 N–H and O–H groups in total. The molecule has 2 aromatic rings. The zero-order valence-electron chi connectivity index (χ0n) is 9.63. The average molecular weight is 235 g/mol. The van der Waals surface area contributed by atoms with E-state index >= 15 is 0 Å². The Morgan fingerprint density at radius 2 is 2.24 bits per heavy atom. The Morgan fingerprint density at radius 3 is 3.00 bits per heavy atom. The van der Waals surface area contributed by atoms with Crippen LogP contribution < -0.4 is 5.32 Å². The van der Waals surface area contributed by atoms with E-state index in [1.807, 2.05) is 7.05 Å². The van der Waals surface area contributed by atoms with Crippen molar-refractivity contribution < 1.29 is 13.6 Å². The third-order valence-corrected chi connectivity index (χ3v) is 2.58. The zero-order valence-corrected chi connectivity index (χ0v) is 9.63. The monoisotopic (exact) mass is 235 g/mol.